The molecule has 3 aromatic carbocycles. The molecule has 0 unspecified atom stereocenters. The second-order valence-corrected chi connectivity index (χ2v) is 9.25. The summed E-state index contributed by atoms with van der Waals surface area (Å²) in [5.74, 6) is -2.52. The molecule has 1 amide bonds. The number of benzene rings is 3. The van der Waals surface area contributed by atoms with Crippen molar-refractivity contribution in [3.05, 3.63) is 83.7 Å². The van der Waals surface area contributed by atoms with E-state index in [0.717, 1.165) is 17.3 Å². The predicted octanol–water partition coefficient (Wildman–Crippen LogP) is 6.16. The quantitative estimate of drug-likeness (QED) is 0.383. The highest BCUT2D eigenvalue weighted by atomic mass is 19.2. The molecule has 0 aliphatic carbocycles. The molecule has 0 atom stereocenters. The first kappa shape index (κ1) is 24.2. The van der Waals surface area contributed by atoms with Gasteiger partial charge in [-0.05, 0) is 48.4 Å². The third-order valence-electron chi connectivity index (χ3n) is 6.89. The molecule has 3 aromatic rings. The molecule has 1 spiro atoms. The molecule has 36 heavy (non-hydrogen) atoms. The molecular weight excluding hydrogens is 469 g/mol. The number of para-hydroxylation sites is 1. The third-order valence-corrected chi connectivity index (χ3v) is 6.89. The highest BCUT2D eigenvalue weighted by molar-refractivity contribution is 5.90. The Morgan fingerprint density at radius 3 is 2.36 bits per heavy atom. The summed E-state index contributed by atoms with van der Waals surface area (Å²) in [4.78, 5) is 16.5. The fraction of sp³-hybridized carbons (Fsp3) is 0.321. The van der Waals surface area contributed by atoms with Gasteiger partial charge >= 0.3 is 6.09 Å². The number of likely N-dealkylation sites (tertiary alicyclic amines) is 1. The third kappa shape index (κ3) is 4.78. The molecule has 0 saturated carbocycles. The number of ether oxygens (including phenoxy) is 2. The molecule has 2 aliphatic rings. The van der Waals surface area contributed by atoms with Crippen molar-refractivity contribution >= 4 is 11.8 Å². The van der Waals surface area contributed by atoms with Crippen LogP contribution in [0.5, 0.6) is 5.75 Å². The molecule has 0 bridgehead atoms. The summed E-state index contributed by atoms with van der Waals surface area (Å²) < 4.78 is 53.6. The van der Waals surface area contributed by atoms with E-state index in [4.69, 9.17) is 9.47 Å². The predicted molar refractivity (Wildman–Crippen MR) is 130 cm³/mol. The molecule has 0 radical (unpaired) electrons. The Morgan fingerprint density at radius 2 is 1.64 bits per heavy atom. The number of amides is 1. The smallest absolute Gasteiger partial charge is 0.415 e. The maximum Gasteiger partial charge on any atom is 0.415 e. The maximum atomic E-state index is 14.6. The Kier molecular flexibility index (Phi) is 6.62. The van der Waals surface area contributed by atoms with E-state index in [-0.39, 0.29) is 11.7 Å². The largest absolute Gasteiger partial charge is 0.494 e. The summed E-state index contributed by atoms with van der Waals surface area (Å²) >= 11 is 0. The summed E-state index contributed by atoms with van der Waals surface area (Å²) in [6.45, 7) is 4.61. The molecule has 2 heterocycles. The number of nitrogens with zero attached hydrogens (tertiary/aromatic N) is 2. The van der Waals surface area contributed by atoms with Gasteiger partial charge in [0, 0.05) is 49.8 Å². The van der Waals surface area contributed by atoms with E-state index in [2.05, 4.69) is 4.90 Å². The van der Waals surface area contributed by atoms with Crippen LogP contribution in [0, 0.1) is 17.5 Å². The van der Waals surface area contributed by atoms with Crippen molar-refractivity contribution in [2.45, 2.75) is 31.9 Å². The highest BCUT2D eigenvalue weighted by Crippen LogP contribution is 2.37. The van der Waals surface area contributed by atoms with Crippen molar-refractivity contribution in [2.24, 2.45) is 0 Å². The van der Waals surface area contributed by atoms with E-state index in [9.17, 15) is 18.0 Å². The van der Waals surface area contributed by atoms with Crippen LogP contribution in [0.25, 0.3) is 11.1 Å². The molecule has 5 nitrogen and oxygen atoms in total. The average Bonchev–Trinajstić information content (AvgIpc) is 3.20. The summed E-state index contributed by atoms with van der Waals surface area (Å²) in [7, 11) is 0. The van der Waals surface area contributed by atoms with Crippen molar-refractivity contribution in [1.29, 1.82) is 0 Å². The molecule has 2 saturated heterocycles. The second kappa shape index (κ2) is 9.85. The minimum Gasteiger partial charge on any atom is -0.494 e. The van der Waals surface area contributed by atoms with Crippen LogP contribution in [-0.4, -0.2) is 42.8 Å². The van der Waals surface area contributed by atoms with Gasteiger partial charge in [0.25, 0.3) is 0 Å². The molecule has 0 aromatic heterocycles. The van der Waals surface area contributed by atoms with Crippen molar-refractivity contribution < 1.29 is 27.4 Å². The van der Waals surface area contributed by atoms with Gasteiger partial charge in [0.1, 0.15) is 17.2 Å². The number of carbonyl (C=O) groups excluding carboxylic acids is 1. The van der Waals surface area contributed by atoms with Crippen LogP contribution in [0.15, 0.2) is 60.7 Å². The van der Waals surface area contributed by atoms with Crippen molar-refractivity contribution in [3.63, 3.8) is 0 Å². The summed E-state index contributed by atoms with van der Waals surface area (Å²) in [5.41, 5.74) is 1.50. The van der Waals surface area contributed by atoms with Crippen LogP contribution in [0.1, 0.15) is 25.3 Å². The van der Waals surface area contributed by atoms with Gasteiger partial charge in [0.15, 0.2) is 11.6 Å². The van der Waals surface area contributed by atoms with Gasteiger partial charge in [-0.1, -0.05) is 24.3 Å². The van der Waals surface area contributed by atoms with Gasteiger partial charge in [-0.2, -0.15) is 0 Å². The SMILES string of the molecule is CCOc1ccc(-c2cc(F)c(F)cc2F)c(CN2CCC3(CC2)CN(c2ccccc2)C(=O)O3)c1. The molecule has 8 heteroatoms. The number of hydrogen-bond acceptors (Lipinski definition) is 4. The van der Waals surface area contributed by atoms with Gasteiger partial charge in [-0.3, -0.25) is 9.80 Å². The lowest BCUT2D eigenvalue weighted by molar-refractivity contribution is -0.000952. The van der Waals surface area contributed by atoms with E-state index in [1.807, 2.05) is 43.3 Å². The number of piperidine rings is 1. The number of rotatable bonds is 6. The number of hydrogen-bond donors (Lipinski definition) is 0. The Labute approximate surface area is 208 Å². The molecule has 2 aliphatic heterocycles. The zero-order valence-electron chi connectivity index (χ0n) is 20.0. The van der Waals surface area contributed by atoms with Crippen molar-refractivity contribution in [3.8, 4) is 16.9 Å². The van der Waals surface area contributed by atoms with Crippen molar-refractivity contribution in [2.75, 3.05) is 31.1 Å². The number of anilines is 1. The first-order valence-electron chi connectivity index (χ1n) is 12.1. The van der Waals surface area contributed by atoms with Gasteiger partial charge < -0.3 is 9.47 Å². The van der Waals surface area contributed by atoms with Gasteiger partial charge in [-0.15, -0.1) is 0 Å². The Hall–Kier alpha value is -3.52. The molecule has 2 fully saturated rings. The normalized spacial score (nSPS) is 17.4. The van der Waals surface area contributed by atoms with E-state index >= 15 is 0 Å². The van der Waals surface area contributed by atoms with Gasteiger partial charge in [0.2, 0.25) is 0 Å². The Balaban J connectivity index is 1.34. The molecule has 0 N–H and O–H groups in total. The lowest BCUT2D eigenvalue weighted by atomic mass is 9.90. The van der Waals surface area contributed by atoms with Crippen LogP contribution in [0.4, 0.5) is 23.7 Å². The maximum absolute atomic E-state index is 14.6. The monoisotopic (exact) mass is 496 g/mol. The average molecular weight is 497 g/mol. The molecule has 188 valence electrons. The zero-order chi connectivity index (χ0) is 25.3. The Bertz CT molecular complexity index is 1260. The fourth-order valence-corrected chi connectivity index (χ4v) is 5.00. The minimum absolute atomic E-state index is 0.00338. The van der Waals surface area contributed by atoms with Gasteiger partial charge in [-0.25, -0.2) is 18.0 Å². The number of halogens is 3. The van der Waals surface area contributed by atoms with E-state index in [1.54, 1.807) is 17.0 Å². The van der Waals surface area contributed by atoms with Crippen LogP contribution in [0.3, 0.4) is 0 Å². The van der Waals surface area contributed by atoms with Crippen molar-refractivity contribution in [1.82, 2.24) is 4.90 Å². The summed E-state index contributed by atoms with van der Waals surface area (Å²) in [6.07, 6.45) is 0.972. The van der Waals surface area contributed by atoms with E-state index in [1.165, 1.54) is 0 Å². The highest BCUT2D eigenvalue weighted by Gasteiger charge is 2.47. The summed E-state index contributed by atoms with van der Waals surface area (Å²) in [5, 5.41) is 0. The first-order chi connectivity index (χ1) is 17.4. The topological polar surface area (TPSA) is 42.0 Å². The lowest BCUT2D eigenvalue weighted by Gasteiger charge is -2.37. The standard InChI is InChI=1S/C28H27F3N2O3/c1-2-35-21-8-9-22(23-15-25(30)26(31)16-24(23)29)19(14-21)17-32-12-10-28(11-13-32)18-33(27(34)36-28)20-6-4-3-5-7-20/h3-9,14-16H,2,10-13,17-18H2,1H3. The zero-order valence-corrected chi connectivity index (χ0v) is 20.0. The molecular formula is C28H27F3N2O3. The minimum atomic E-state index is -1.22. The van der Waals surface area contributed by atoms with Crippen LogP contribution in [0.2, 0.25) is 0 Å². The molecule has 5 rings (SSSR count). The first-order valence-corrected chi connectivity index (χ1v) is 12.1. The van der Waals surface area contributed by atoms with Crippen LogP contribution >= 0.6 is 0 Å². The summed E-state index contributed by atoms with van der Waals surface area (Å²) in [6, 6.07) is 16.1. The van der Waals surface area contributed by atoms with Crippen LogP contribution < -0.4 is 9.64 Å². The number of carbonyl (C=O) groups is 1. The van der Waals surface area contributed by atoms with E-state index in [0.29, 0.717) is 63.0 Å². The second-order valence-electron chi connectivity index (χ2n) is 9.25. The fourth-order valence-electron chi connectivity index (χ4n) is 5.00. The van der Waals surface area contributed by atoms with Crippen LogP contribution in [-0.2, 0) is 11.3 Å². The van der Waals surface area contributed by atoms with Gasteiger partial charge in [0.05, 0.1) is 13.2 Å². The Morgan fingerprint density at radius 1 is 0.917 bits per heavy atom. The van der Waals surface area contributed by atoms with E-state index < -0.39 is 23.1 Å². The lowest BCUT2D eigenvalue weighted by Crippen LogP contribution is -2.46.